The van der Waals surface area contributed by atoms with Gasteiger partial charge >= 0.3 is 5.97 Å². The van der Waals surface area contributed by atoms with Crippen LogP contribution in [0.4, 0.5) is 0 Å². The Bertz CT molecular complexity index is 309. The van der Waals surface area contributed by atoms with Gasteiger partial charge in [-0.2, -0.15) is 0 Å². The molecule has 0 spiro atoms. The highest BCUT2D eigenvalue weighted by atomic mass is 16.5. The van der Waals surface area contributed by atoms with Crippen molar-refractivity contribution in [2.75, 3.05) is 33.9 Å². The molecule has 5 nitrogen and oxygen atoms in total. The molecule has 2 atom stereocenters. The Hall–Kier alpha value is -0.650. The van der Waals surface area contributed by atoms with Crippen LogP contribution >= 0.6 is 0 Å². The third-order valence-electron chi connectivity index (χ3n) is 4.28. The van der Waals surface area contributed by atoms with Gasteiger partial charge in [-0.25, -0.2) is 0 Å². The van der Waals surface area contributed by atoms with Crippen molar-refractivity contribution < 1.29 is 14.6 Å². The number of aliphatic carboxylic acids is 1. The van der Waals surface area contributed by atoms with Crippen molar-refractivity contribution in [3.05, 3.63) is 0 Å². The van der Waals surface area contributed by atoms with Gasteiger partial charge in [0.25, 0.3) is 0 Å². The second-order valence-electron chi connectivity index (χ2n) is 6.25. The van der Waals surface area contributed by atoms with E-state index >= 15 is 0 Å². The summed E-state index contributed by atoms with van der Waals surface area (Å²) in [6.07, 6.45) is 3.67. The number of carboxylic acid groups (broad SMARTS) is 1. The van der Waals surface area contributed by atoms with Crippen molar-refractivity contribution in [2.24, 2.45) is 5.92 Å². The van der Waals surface area contributed by atoms with Gasteiger partial charge in [-0.15, -0.1) is 0 Å². The van der Waals surface area contributed by atoms with Gasteiger partial charge in [0.1, 0.15) is 5.54 Å². The first-order valence-electron chi connectivity index (χ1n) is 7.61. The lowest BCUT2D eigenvalue weighted by Crippen LogP contribution is -2.57. The van der Waals surface area contributed by atoms with E-state index < -0.39 is 11.5 Å². The Labute approximate surface area is 122 Å². The van der Waals surface area contributed by atoms with Crippen LogP contribution in [0.2, 0.25) is 0 Å². The summed E-state index contributed by atoms with van der Waals surface area (Å²) in [6, 6.07) is 0.193. The van der Waals surface area contributed by atoms with Crippen molar-refractivity contribution >= 4 is 5.97 Å². The molecule has 0 aromatic heterocycles. The van der Waals surface area contributed by atoms with Crippen molar-refractivity contribution in [3.8, 4) is 0 Å². The molecule has 2 N–H and O–H groups in total. The first-order chi connectivity index (χ1) is 9.42. The average molecular weight is 286 g/mol. The van der Waals surface area contributed by atoms with E-state index in [1.54, 1.807) is 7.11 Å². The molecule has 1 aliphatic carbocycles. The minimum atomic E-state index is -0.726. The molecule has 1 aliphatic rings. The smallest absolute Gasteiger partial charge is 0.324 e. The molecule has 0 aromatic carbocycles. The van der Waals surface area contributed by atoms with E-state index in [4.69, 9.17) is 4.74 Å². The lowest BCUT2D eigenvalue weighted by molar-refractivity contribution is -0.147. The van der Waals surface area contributed by atoms with Crippen LogP contribution in [0.1, 0.15) is 39.5 Å². The predicted octanol–water partition coefficient (Wildman–Crippen LogP) is 1.58. The van der Waals surface area contributed by atoms with Crippen LogP contribution in [0.3, 0.4) is 0 Å². The summed E-state index contributed by atoms with van der Waals surface area (Å²) in [4.78, 5) is 14.0. The van der Waals surface area contributed by atoms with Gasteiger partial charge in [0.05, 0.1) is 6.61 Å². The minimum Gasteiger partial charge on any atom is -0.480 e. The van der Waals surface area contributed by atoms with E-state index in [9.17, 15) is 9.90 Å². The van der Waals surface area contributed by atoms with Gasteiger partial charge in [-0.05, 0) is 52.6 Å². The molecule has 118 valence electrons. The van der Waals surface area contributed by atoms with Crippen molar-refractivity contribution in [1.29, 1.82) is 0 Å². The van der Waals surface area contributed by atoms with Crippen molar-refractivity contribution in [2.45, 2.75) is 51.1 Å². The lowest BCUT2D eigenvalue weighted by Gasteiger charge is -2.35. The summed E-state index contributed by atoms with van der Waals surface area (Å²) in [6.45, 7) is 6.56. The fraction of sp³-hybridized carbons (Fsp3) is 0.933. The van der Waals surface area contributed by atoms with E-state index in [0.717, 1.165) is 45.4 Å². The largest absolute Gasteiger partial charge is 0.480 e. The van der Waals surface area contributed by atoms with Crippen LogP contribution in [0.25, 0.3) is 0 Å². The van der Waals surface area contributed by atoms with E-state index in [1.165, 1.54) is 0 Å². The maximum atomic E-state index is 11.8. The Morgan fingerprint density at radius 2 is 2.20 bits per heavy atom. The Kier molecular flexibility index (Phi) is 6.92. The van der Waals surface area contributed by atoms with E-state index in [2.05, 4.69) is 17.3 Å². The maximum Gasteiger partial charge on any atom is 0.324 e. The van der Waals surface area contributed by atoms with Gasteiger partial charge in [-0.1, -0.05) is 6.42 Å². The zero-order chi connectivity index (χ0) is 15.2. The van der Waals surface area contributed by atoms with Gasteiger partial charge in [-0.3, -0.25) is 10.1 Å². The first-order valence-corrected chi connectivity index (χ1v) is 7.61. The maximum absolute atomic E-state index is 11.8. The summed E-state index contributed by atoms with van der Waals surface area (Å²) in [5, 5.41) is 13.0. The molecule has 0 bridgehead atoms. The zero-order valence-electron chi connectivity index (χ0n) is 13.3. The molecule has 1 saturated carbocycles. The third kappa shape index (κ3) is 4.43. The standard InChI is InChI=1S/C15H30N2O3/c1-12(2)16-15(14(18)19)8-5-6-13(15)7-9-17(3)10-11-20-4/h12-13,16H,5-11H2,1-4H3,(H,18,19). The van der Waals surface area contributed by atoms with E-state index in [0.29, 0.717) is 0 Å². The van der Waals surface area contributed by atoms with Crippen LogP contribution in [0, 0.1) is 5.92 Å². The van der Waals surface area contributed by atoms with Gasteiger partial charge in [0.15, 0.2) is 0 Å². The summed E-state index contributed by atoms with van der Waals surface area (Å²) in [5.41, 5.74) is -0.726. The van der Waals surface area contributed by atoms with Crippen LogP contribution in [-0.4, -0.2) is 61.4 Å². The molecule has 2 unspecified atom stereocenters. The number of carbonyl (C=O) groups is 1. The fourth-order valence-electron chi connectivity index (χ4n) is 3.25. The minimum absolute atomic E-state index is 0.193. The second-order valence-corrected chi connectivity index (χ2v) is 6.25. The van der Waals surface area contributed by atoms with E-state index in [1.807, 2.05) is 13.8 Å². The summed E-state index contributed by atoms with van der Waals surface area (Å²) >= 11 is 0. The summed E-state index contributed by atoms with van der Waals surface area (Å²) < 4.78 is 5.07. The molecule has 1 fully saturated rings. The van der Waals surface area contributed by atoms with Gasteiger partial charge in [0, 0.05) is 19.7 Å². The second kappa shape index (κ2) is 7.96. The Balaban J connectivity index is 2.59. The molecular formula is C15H30N2O3. The summed E-state index contributed by atoms with van der Waals surface area (Å²) in [5.74, 6) is -0.472. The highest BCUT2D eigenvalue weighted by molar-refractivity contribution is 5.79. The monoisotopic (exact) mass is 286 g/mol. The number of rotatable bonds is 9. The van der Waals surface area contributed by atoms with Gasteiger partial charge in [0.2, 0.25) is 0 Å². The topological polar surface area (TPSA) is 61.8 Å². The number of nitrogens with zero attached hydrogens (tertiary/aromatic N) is 1. The number of ether oxygens (including phenoxy) is 1. The fourth-order valence-corrected chi connectivity index (χ4v) is 3.25. The predicted molar refractivity (Wildman–Crippen MR) is 80.0 cm³/mol. The summed E-state index contributed by atoms with van der Waals surface area (Å²) in [7, 11) is 3.76. The molecule has 0 saturated heterocycles. The van der Waals surface area contributed by atoms with Crippen LogP contribution < -0.4 is 5.32 Å². The van der Waals surface area contributed by atoms with Crippen LogP contribution in [-0.2, 0) is 9.53 Å². The molecular weight excluding hydrogens is 256 g/mol. The van der Waals surface area contributed by atoms with Crippen molar-refractivity contribution in [3.63, 3.8) is 0 Å². The Morgan fingerprint density at radius 3 is 2.75 bits per heavy atom. The SMILES string of the molecule is COCCN(C)CCC1CCCC1(NC(C)C)C(=O)O. The number of likely N-dealkylation sites (N-methyl/N-ethyl adjacent to an activating group) is 1. The highest BCUT2D eigenvalue weighted by Crippen LogP contribution is 2.38. The lowest BCUT2D eigenvalue weighted by atomic mass is 9.84. The molecule has 1 rings (SSSR count). The van der Waals surface area contributed by atoms with Crippen molar-refractivity contribution in [1.82, 2.24) is 10.2 Å². The van der Waals surface area contributed by atoms with Crippen LogP contribution in [0.5, 0.6) is 0 Å². The molecule has 0 heterocycles. The van der Waals surface area contributed by atoms with E-state index in [-0.39, 0.29) is 12.0 Å². The zero-order valence-corrected chi connectivity index (χ0v) is 13.3. The molecule has 0 aliphatic heterocycles. The third-order valence-corrected chi connectivity index (χ3v) is 4.28. The number of nitrogens with one attached hydrogen (secondary N) is 1. The highest BCUT2D eigenvalue weighted by Gasteiger charge is 2.48. The quantitative estimate of drug-likeness (QED) is 0.674. The Morgan fingerprint density at radius 1 is 1.50 bits per heavy atom. The normalized spacial score (nSPS) is 26.6. The molecule has 0 radical (unpaired) electrons. The number of hydrogen-bond acceptors (Lipinski definition) is 4. The van der Waals surface area contributed by atoms with Gasteiger partial charge < -0.3 is 14.7 Å². The molecule has 5 heteroatoms. The number of hydrogen-bond donors (Lipinski definition) is 2. The average Bonchev–Trinajstić information content (AvgIpc) is 2.77. The molecule has 0 aromatic rings. The molecule has 20 heavy (non-hydrogen) atoms. The number of carboxylic acids is 1. The number of methoxy groups -OCH3 is 1. The first kappa shape index (κ1) is 17.4. The van der Waals surface area contributed by atoms with Crippen LogP contribution in [0.15, 0.2) is 0 Å². The molecule has 0 amide bonds.